The molecule has 0 aliphatic heterocycles. The van der Waals surface area contributed by atoms with Gasteiger partial charge in [0.15, 0.2) is 26.4 Å². The van der Waals surface area contributed by atoms with Gasteiger partial charge in [-0.2, -0.15) is 0 Å². The van der Waals surface area contributed by atoms with Gasteiger partial charge < -0.3 is 77.3 Å². The number of carbonyl (C=O) groups is 8. The van der Waals surface area contributed by atoms with Gasteiger partial charge in [-0.1, -0.05) is 48.5 Å². The molecule has 0 aromatic heterocycles. The van der Waals surface area contributed by atoms with Crippen molar-refractivity contribution in [1.82, 2.24) is 0 Å². The number of hydrogen-bond donors (Lipinski definition) is 4. The summed E-state index contributed by atoms with van der Waals surface area (Å²) in [7, 11) is 5.69. The molecule has 0 amide bonds. The maximum absolute atomic E-state index is 14.4. The molecule has 24 heteroatoms. The molecule has 24 nitrogen and oxygen atoms in total. The fourth-order valence-electron chi connectivity index (χ4n) is 29.4. The van der Waals surface area contributed by atoms with Gasteiger partial charge in [0, 0.05) is 92.4 Å². The molecule has 16 saturated carbocycles. The molecule has 24 bridgehead atoms. The lowest BCUT2D eigenvalue weighted by Crippen LogP contribution is -2.58. The smallest absolute Gasteiger partial charge is 0.344 e. The van der Waals surface area contributed by atoms with Crippen LogP contribution in [0.2, 0.25) is 0 Å². The number of phenols is 4. The zero-order chi connectivity index (χ0) is 94.4. The number of methoxy groups -OCH3 is 4. The lowest BCUT2D eigenvalue weighted by molar-refractivity contribution is -0.206. The molecule has 0 saturated heterocycles. The van der Waals surface area contributed by atoms with Crippen LogP contribution >= 0.6 is 0 Å². The molecule has 712 valence electrons. The topological polar surface area (TPSA) is 328 Å². The first-order chi connectivity index (χ1) is 65.4. The van der Waals surface area contributed by atoms with Crippen molar-refractivity contribution in [2.75, 3.05) is 54.9 Å². The number of benzene rings is 8. The molecule has 0 spiro atoms. The summed E-state index contributed by atoms with van der Waals surface area (Å²) in [6.45, 7) is 5.56. The van der Waals surface area contributed by atoms with Gasteiger partial charge in [-0.05, 0) is 346 Å². The van der Waals surface area contributed by atoms with Crippen LogP contribution in [-0.2, 0) is 57.1 Å². The Kier molecular flexibility index (Phi) is 23.4. The van der Waals surface area contributed by atoms with Gasteiger partial charge in [0.2, 0.25) is 0 Å². The highest BCUT2D eigenvalue weighted by atomic mass is 16.6. The molecule has 8 aromatic rings. The normalized spacial score (nSPS) is 32.1. The number of fused-ring (bicyclic) bond motifs is 8. The van der Waals surface area contributed by atoms with Crippen molar-refractivity contribution < 1.29 is 116 Å². The number of phenolic OH excluding ortho intramolecular Hbond substituents is 4. The minimum Gasteiger partial charge on any atom is -0.507 e. The van der Waals surface area contributed by atoms with Crippen LogP contribution in [0.4, 0.5) is 0 Å². The summed E-state index contributed by atoms with van der Waals surface area (Å²) in [4.78, 5) is 113. The predicted molar refractivity (Wildman–Crippen MR) is 495 cm³/mol. The Balaban J connectivity index is 0.686. The van der Waals surface area contributed by atoms with Crippen molar-refractivity contribution in [3.63, 3.8) is 0 Å². The standard InChI is InChI=1S/C112H120O24/c1-109(73-29-57-25-58(31-73)32-74(109)30-57)133-97(117)53-129-105(121)69-17-9-65(10-18-69)101-81-45-86(94(126-6)49-89(81)113)103(67-13-21-71(22-14-67)107(123)131-55-99(119)135-111(3)77-37-61-27-62(39-77)40-78(111)38-61)83-47-88(96(128-8)51-91(83)115)104(68-15-23-72(24-16-68)108(124)132-56-100(120)136-112(4)79-41-63-28-64(43-79)44-80(112)42-63)84-48-87(95(127-7)52-92(84)116)102(82-46-85(101)93(125-5)50-90(82)114)66-11-19-70(20-12-66)106(122)130-54-98(118)134-110(2)75-33-59-26-60(35-75)36-76(110)34-59/h9-24,45-52,57-64,73-80,101-104,113-116H,25-44,53-56H2,1-8H3. The molecule has 17 aliphatic carbocycles. The van der Waals surface area contributed by atoms with E-state index in [0.717, 1.165) is 103 Å². The molecular formula is C112H120O24. The zero-order valence-corrected chi connectivity index (χ0v) is 78.3. The highest BCUT2D eigenvalue weighted by molar-refractivity contribution is 5.93. The lowest BCUT2D eigenvalue weighted by Gasteiger charge is -2.59. The molecule has 8 aromatic carbocycles. The largest absolute Gasteiger partial charge is 0.507 e. The minimum atomic E-state index is -1.19. The van der Waals surface area contributed by atoms with Gasteiger partial charge in [-0.15, -0.1) is 0 Å². The van der Waals surface area contributed by atoms with E-state index in [1.807, 2.05) is 27.7 Å². The summed E-state index contributed by atoms with van der Waals surface area (Å²) in [6, 6.07) is 38.3. The molecule has 136 heavy (non-hydrogen) atoms. The van der Waals surface area contributed by atoms with E-state index in [2.05, 4.69) is 0 Å². The van der Waals surface area contributed by atoms with Gasteiger partial charge >= 0.3 is 47.8 Å². The van der Waals surface area contributed by atoms with E-state index in [1.54, 1.807) is 72.8 Å². The van der Waals surface area contributed by atoms with Gasteiger partial charge in [0.25, 0.3) is 0 Å². The molecule has 0 radical (unpaired) electrons. The molecular weight excluding hydrogens is 1730 g/mol. The number of rotatable bonds is 24. The van der Waals surface area contributed by atoms with Gasteiger partial charge in [-0.3, -0.25) is 0 Å². The van der Waals surface area contributed by atoms with E-state index in [9.17, 15) is 58.8 Å². The Bertz CT molecular complexity index is 5220. The molecule has 17 aliphatic rings. The quantitative estimate of drug-likeness (QED) is 0.0322. The van der Waals surface area contributed by atoms with E-state index in [4.69, 9.17) is 56.8 Å². The molecule has 25 rings (SSSR count). The summed E-state index contributed by atoms with van der Waals surface area (Å²) in [5.41, 5.74) is 1.16. The number of aromatic hydroxyl groups is 4. The minimum absolute atomic E-state index is 0.0650. The Morgan fingerprint density at radius 3 is 0.559 bits per heavy atom. The fourth-order valence-corrected chi connectivity index (χ4v) is 29.4. The SMILES string of the molecule is COc1cc(O)c2cc1C(c1ccc(C(=O)OCC(=O)OC3(C)C4CC5CC(C4)CC3C5)cc1)c1cc(c(OC)cc1O)C(c1ccc(C(=O)OCC(=O)OC3(C)C4CC5CC(C4)CC3C5)cc1)c1cc(c(OC)cc1O)C(c1ccc(C(=O)OCC(=O)OC3(C)C4CC5CC(C4)CC3C5)cc1)c1cc(c(OC)cc1O)C2c1ccc(C(=O)OCC(=O)OC2(C)C3CC4CC(C3)CC2C4)cc1. The Hall–Kier alpha value is -12.1. The van der Waals surface area contributed by atoms with Crippen molar-refractivity contribution in [2.45, 2.75) is 202 Å². The van der Waals surface area contributed by atoms with Gasteiger partial charge in [-0.25, -0.2) is 38.4 Å². The van der Waals surface area contributed by atoms with Gasteiger partial charge in [0.05, 0.1) is 50.7 Å². The summed E-state index contributed by atoms with van der Waals surface area (Å²) >= 11 is 0. The van der Waals surface area contributed by atoms with E-state index in [1.165, 1.54) is 127 Å². The highest BCUT2D eigenvalue weighted by Gasteiger charge is 2.62. The van der Waals surface area contributed by atoms with Crippen LogP contribution < -0.4 is 18.9 Å². The monoisotopic (exact) mass is 1850 g/mol. The van der Waals surface area contributed by atoms with Crippen molar-refractivity contribution in [1.29, 1.82) is 0 Å². The van der Waals surface area contributed by atoms with Crippen LogP contribution in [0.1, 0.15) is 288 Å². The van der Waals surface area contributed by atoms with Crippen LogP contribution in [0, 0.1) is 94.7 Å². The first kappa shape index (κ1) is 90.4. The van der Waals surface area contributed by atoms with Crippen molar-refractivity contribution in [2.24, 2.45) is 94.7 Å². The third-order valence-corrected chi connectivity index (χ3v) is 35.6. The van der Waals surface area contributed by atoms with Crippen molar-refractivity contribution in [3.05, 3.63) is 235 Å². The van der Waals surface area contributed by atoms with Crippen molar-refractivity contribution >= 4 is 47.8 Å². The third-order valence-electron chi connectivity index (χ3n) is 35.6. The lowest BCUT2D eigenvalue weighted by atomic mass is 9.50. The summed E-state index contributed by atoms with van der Waals surface area (Å²) in [5, 5.41) is 53.0. The second-order valence-electron chi connectivity index (χ2n) is 43.0. The van der Waals surface area contributed by atoms with E-state index >= 15 is 0 Å². The molecule has 4 unspecified atom stereocenters. The van der Waals surface area contributed by atoms with Crippen LogP contribution in [0.5, 0.6) is 46.0 Å². The second kappa shape index (κ2) is 35.2. The Labute approximate surface area is 791 Å². The molecule has 0 heterocycles. The summed E-state index contributed by atoms with van der Waals surface area (Å²) in [6.07, 6.45) is 20.8. The average Bonchev–Trinajstić information content (AvgIpc) is 0.749. The Morgan fingerprint density at radius 2 is 0.404 bits per heavy atom. The summed E-state index contributed by atoms with van der Waals surface area (Å²) in [5.74, 6) is -4.73. The van der Waals surface area contributed by atoms with Crippen LogP contribution in [0.25, 0.3) is 0 Å². The highest BCUT2D eigenvalue weighted by Crippen LogP contribution is 2.65. The number of hydrogen-bond acceptors (Lipinski definition) is 24. The maximum Gasteiger partial charge on any atom is 0.344 e. The second-order valence-corrected chi connectivity index (χ2v) is 43.0. The van der Waals surface area contributed by atoms with E-state index in [0.29, 0.717) is 91.9 Å². The van der Waals surface area contributed by atoms with E-state index < -0.39 is 120 Å². The maximum atomic E-state index is 14.4. The fraction of sp³-hybridized carbons (Fsp3) is 0.500. The average molecular weight is 1850 g/mol. The number of carbonyl (C=O) groups excluding carboxylic acids is 8. The van der Waals surface area contributed by atoms with Crippen LogP contribution in [0.3, 0.4) is 0 Å². The first-order valence-electron chi connectivity index (χ1n) is 49.0. The molecule has 4 N–H and O–H groups in total. The van der Waals surface area contributed by atoms with E-state index in [-0.39, 0.29) is 138 Å². The first-order valence-corrected chi connectivity index (χ1v) is 49.0. The number of ether oxygens (including phenoxy) is 12. The molecule has 4 atom stereocenters. The molecule has 16 fully saturated rings. The summed E-state index contributed by atoms with van der Waals surface area (Å²) < 4.78 is 73.9. The van der Waals surface area contributed by atoms with Crippen molar-refractivity contribution in [3.8, 4) is 46.0 Å². The third kappa shape index (κ3) is 16.2. The van der Waals surface area contributed by atoms with Crippen LogP contribution in [0.15, 0.2) is 146 Å². The predicted octanol–water partition coefficient (Wildman–Crippen LogP) is 19.2. The van der Waals surface area contributed by atoms with Crippen LogP contribution in [-0.4, -0.2) is 145 Å². The van der Waals surface area contributed by atoms with Gasteiger partial charge in [0.1, 0.15) is 68.4 Å². The number of esters is 8. The zero-order valence-electron chi connectivity index (χ0n) is 78.3. The Morgan fingerprint density at radius 1 is 0.243 bits per heavy atom.